The van der Waals surface area contributed by atoms with E-state index in [2.05, 4.69) is 5.32 Å². The number of halogens is 3. The van der Waals surface area contributed by atoms with Crippen LogP contribution in [0.5, 0.6) is 0 Å². The van der Waals surface area contributed by atoms with E-state index in [0.717, 1.165) is 18.6 Å². The average Bonchev–Trinajstić information content (AvgIpc) is 2.80. The molecule has 5 heteroatoms. The maximum Gasteiger partial charge on any atom is 0.194 e. The van der Waals surface area contributed by atoms with Gasteiger partial charge in [0, 0.05) is 18.6 Å². The van der Waals surface area contributed by atoms with Gasteiger partial charge in [0.25, 0.3) is 0 Å². The molecular formula is C12H14F3NO. The van der Waals surface area contributed by atoms with Crippen LogP contribution in [0.1, 0.15) is 18.0 Å². The van der Waals surface area contributed by atoms with Gasteiger partial charge in [-0.25, -0.2) is 13.2 Å². The first-order chi connectivity index (χ1) is 8.13. The zero-order valence-electron chi connectivity index (χ0n) is 9.47. The quantitative estimate of drug-likeness (QED) is 0.826. The molecule has 0 saturated carbocycles. The molecular weight excluding hydrogens is 231 g/mol. The molecule has 2 atom stereocenters. The van der Waals surface area contributed by atoms with Crippen LogP contribution in [0, 0.1) is 23.4 Å². The zero-order chi connectivity index (χ0) is 12.4. The van der Waals surface area contributed by atoms with Crippen molar-refractivity contribution < 1.29 is 17.9 Å². The number of benzene rings is 1. The number of rotatable bonds is 3. The van der Waals surface area contributed by atoms with Gasteiger partial charge >= 0.3 is 0 Å². The molecule has 1 N–H and O–H groups in total. The maximum absolute atomic E-state index is 13.1. The molecule has 0 spiro atoms. The highest BCUT2D eigenvalue weighted by molar-refractivity contribution is 5.23. The van der Waals surface area contributed by atoms with Crippen molar-refractivity contribution in [2.75, 3.05) is 20.3 Å². The molecule has 0 aliphatic carbocycles. The fourth-order valence-corrected chi connectivity index (χ4v) is 2.24. The zero-order valence-corrected chi connectivity index (χ0v) is 9.47. The molecule has 1 heterocycles. The molecule has 0 amide bonds. The first kappa shape index (κ1) is 12.4. The lowest BCUT2D eigenvalue weighted by atomic mass is 9.92. The summed E-state index contributed by atoms with van der Waals surface area (Å²) in [4.78, 5) is 0. The predicted octanol–water partition coefficient (Wildman–Crippen LogP) is 2.40. The van der Waals surface area contributed by atoms with Crippen molar-refractivity contribution >= 4 is 0 Å². The first-order valence-electron chi connectivity index (χ1n) is 5.53. The topological polar surface area (TPSA) is 21.3 Å². The Balaban J connectivity index is 2.30. The molecule has 2 nitrogen and oxygen atoms in total. The van der Waals surface area contributed by atoms with Crippen LogP contribution in [0.4, 0.5) is 13.2 Å². The fourth-order valence-electron chi connectivity index (χ4n) is 2.24. The van der Waals surface area contributed by atoms with Crippen molar-refractivity contribution in [1.82, 2.24) is 5.32 Å². The third-order valence-corrected chi connectivity index (χ3v) is 3.11. The van der Waals surface area contributed by atoms with Crippen molar-refractivity contribution in [3.63, 3.8) is 0 Å². The maximum atomic E-state index is 13.1. The number of nitrogens with one attached hydrogen (secondary N) is 1. The van der Waals surface area contributed by atoms with Gasteiger partial charge in [-0.1, -0.05) is 0 Å². The van der Waals surface area contributed by atoms with Crippen LogP contribution in [-0.4, -0.2) is 20.3 Å². The monoisotopic (exact) mass is 245 g/mol. The lowest BCUT2D eigenvalue weighted by Gasteiger charge is -2.22. The van der Waals surface area contributed by atoms with E-state index in [0.29, 0.717) is 18.8 Å². The molecule has 0 aromatic heterocycles. The molecule has 1 saturated heterocycles. The Morgan fingerprint density at radius 3 is 2.41 bits per heavy atom. The van der Waals surface area contributed by atoms with Crippen LogP contribution in [0.25, 0.3) is 0 Å². The summed E-state index contributed by atoms with van der Waals surface area (Å²) in [5.74, 6) is -3.58. The summed E-state index contributed by atoms with van der Waals surface area (Å²) in [5, 5.41) is 3.00. The minimum Gasteiger partial charge on any atom is -0.381 e. The fraction of sp³-hybridized carbons (Fsp3) is 0.500. The van der Waals surface area contributed by atoms with Gasteiger partial charge in [-0.2, -0.15) is 0 Å². The summed E-state index contributed by atoms with van der Waals surface area (Å²) < 4.78 is 44.4. The Bertz CT molecular complexity index is 382. The highest BCUT2D eigenvalue weighted by Crippen LogP contribution is 2.30. The van der Waals surface area contributed by atoms with Gasteiger partial charge in [-0.15, -0.1) is 0 Å². The molecule has 2 rings (SSSR count). The highest BCUT2D eigenvalue weighted by atomic mass is 19.2. The van der Waals surface area contributed by atoms with Gasteiger partial charge in [0.15, 0.2) is 17.5 Å². The summed E-state index contributed by atoms with van der Waals surface area (Å²) in [5.41, 5.74) is 0.416. The highest BCUT2D eigenvalue weighted by Gasteiger charge is 2.27. The minimum atomic E-state index is -1.42. The molecule has 1 aliphatic rings. The van der Waals surface area contributed by atoms with E-state index < -0.39 is 17.5 Å². The summed E-state index contributed by atoms with van der Waals surface area (Å²) >= 11 is 0. The molecule has 94 valence electrons. The number of ether oxygens (including phenoxy) is 1. The van der Waals surface area contributed by atoms with E-state index in [9.17, 15) is 13.2 Å². The van der Waals surface area contributed by atoms with Crippen molar-refractivity contribution in [1.29, 1.82) is 0 Å². The third-order valence-electron chi connectivity index (χ3n) is 3.11. The molecule has 0 radical (unpaired) electrons. The minimum absolute atomic E-state index is 0.157. The van der Waals surface area contributed by atoms with Crippen LogP contribution in [0.2, 0.25) is 0 Å². The predicted molar refractivity (Wildman–Crippen MR) is 57.0 cm³/mol. The van der Waals surface area contributed by atoms with Crippen LogP contribution in [0.15, 0.2) is 12.1 Å². The Kier molecular flexibility index (Phi) is 3.69. The molecule has 1 aromatic rings. The van der Waals surface area contributed by atoms with Gasteiger partial charge in [0.2, 0.25) is 0 Å². The lowest BCUT2D eigenvalue weighted by molar-refractivity contribution is 0.177. The molecule has 2 unspecified atom stereocenters. The average molecular weight is 245 g/mol. The van der Waals surface area contributed by atoms with E-state index >= 15 is 0 Å². The first-order valence-corrected chi connectivity index (χ1v) is 5.53. The lowest BCUT2D eigenvalue weighted by Crippen LogP contribution is -2.26. The van der Waals surface area contributed by atoms with Gasteiger partial charge in [0.05, 0.1) is 6.61 Å². The van der Waals surface area contributed by atoms with Crippen LogP contribution < -0.4 is 5.32 Å². The van der Waals surface area contributed by atoms with E-state index in [1.807, 2.05) is 0 Å². The third kappa shape index (κ3) is 2.45. The van der Waals surface area contributed by atoms with Crippen molar-refractivity contribution in [3.8, 4) is 0 Å². The van der Waals surface area contributed by atoms with E-state index in [4.69, 9.17) is 4.74 Å². The molecule has 1 aliphatic heterocycles. The summed E-state index contributed by atoms with van der Waals surface area (Å²) in [6.07, 6.45) is 0.826. The van der Waals surface area contributed by atoms with E-state index in [-0.39, 0.29) is 12.0 Å². The number of hydrogen-bond donors (Lipinski definition) is 1. The SMILES string of the molecule is CNC(c1cc(F)c(F)c(F)c1)C1CCOC1. The Morgan fingerprint density at radius 1 is 1.29 bits per heavy atom. The molecule has 17 heavy (non-hydrogen) atoms. The molecule has 1 aromatic carbocycles. The van der Waals surface area contributed by atoms with Gasteiger partial charge in [-0.05, 0) is 31.2 Å². The Labute approximate surface area is 97.8 Å². The standard InChI is InChI=1S/C12H14F3NO/c1-16-12(7-2-3-17-6-7)8-4-9(13)11(15)10(14)5-8/h4-5,7,12,16H,2-3,6H2,1H3. The molecule has 1 fully saturated rings. The second kappa shape index (κ2) is 5.06. The Hall–Kier alpha value is -1.07. The van der Waals surface area contributed by atoms with Crippen LogP contribution in [-0.2, 0) is 4.74 Å². The Morgan fingerprint density at radius 2 is 1.94 bits per heavy atom. The van der Waals surface area contributed by atoms with Gasteiger partial charge in [-0.3, -0.25) is 0 Å². The van der Waals surface area contributed by atoms with Crippen molar-refractivity contribution in [2.24, 2.45) is 5.92 Å². The normalized spacial score (nSPS) is 21.8. The summed E-state index contributed by atoms with van der Waals surface area (Å²) in [6, 6.07) is 1.86. The summed E-state index contributed by atoms with van der Waals surface area (Å²) in [7, 11) is 1.71. The molecule has 0 bridgehead atoms. The second-order valence-electron chi connectivity index (χ2n) is 4.19. The van der Waals surface area contributed by atoms with E-state index in [1.54, 1.807) is 7.05 Å². The van der Waals surface area contributed by atoms with Crippen molar-refractivity contribution in [2.45, 2.75) is 12.5 Å². The van der Waals surface area contributed by atoms with Crippen molar-refractivity contribution in [3.05, 3.63) is 35.1 Å². The summed E-state index contributed by atoms with van der Waals surface area (Å²) in [6.45, 7) is 1.20. The van der Waals surface area contributed by atoms with Crippen LogP contribution in [0.3, 0.4) is 0 Å². The smallest absolute Gasteiger partial charge is 0.194 e. The second-order valence-corrected chi connectivity index (χ2v) is 4.19. The van der Waals surface area contributed by atoms with Crippen LogP contribution >= 0.6 is 0 Å². The van der Waals surface area contributed by atoms with Gasteiger partial charge in [0.1, 0.15) is 0 Å². The largest absolute Gasteiger partial charge is 0.381 e. The number of hydrogen-bond acceptors (Lipinski definition) is 2. The van der Waals surface area contributed by atoms with Gasteiger partial charge < -0.3 is 10.1 Å². The van der Waals surface area contributed by atoms with E-state index in [1.165, 1.54) is 0 Å².